The summed E-state index contributed by atoms with van der Waals surface area (Å²) in [6.07, 6.45) is 4.14. The van der Waals surface area contributed by atoms with E-state index in [4.69, 9.17) is 4.74 Å². The van der Waals surface area contributed by atoms with Gasteiger partial charge in [0, 0.05) is 6.42 Å². The molecule has 0 saturated carbocycles. The molecule has 4 heteroatoms. The third-order valence-corrected chi connectivity index (χ3v) is 3.39. The summed E-state index contributed by atoms with van der Waals surface area (Å²) >= 11 is 0. The summed E-state index contributed by atoms with van der Waals surface area (Å²) < 4.78 is 7.46. The van der Waals surface area contributed by atoms with E-state index in [0.717, 1.165) is 29.7 Å². The minimum absolute atomic E-state index is 0.204. The fourth-order valence-corrected chi connectivity index (χ4v) is 2.39. The van der Waals surface area contributed by atoms with Crippen molar-refractivity contribution in [3.8, 4) is 0 Å². The van der Waals surface area contributed by atoms with E-state index in [1.807, 2.05) is 30.3 Å². The summed E-state index contributed by atoms with van der Waals surface area (Å²) in [5.74, 6) is 0.204. The predicted molar refractivity (Wildman–Crippen MR) is 70.7 cm³/mol. The number of rotatable bonds is 4. The summed E-state index contributed by atoms with van der Waals surface area (Å²) in [4.78, 5) is 11.7. The van der Waals surface area contributed by atoms with Crippen LogP contribution in [-0.2, 0) is 24.5 Å². The predicted octanol–water partition coefficient (Wildman–Crippen LogP) is 2.58. The highest BCUT2D eigenvalue weighted by Gasteiger charge is 2.21. The number of fused-ring (bicyclic) bond motifs is 1. The van der Waals surface area contributed by atoms with Crippen LogP contribution in [0.15, 0.2) is 36.5 Å². The maximum atomic E-state index is 11.7. The average molecular weight is 256 g/mol. The van der Waals surface area contributed by atoms with Crippen molar-refractivity contribution < 1.29 is 9.53 Å². The van der Waals surface area contributed by atoms with Crippen molar-refractivity contribution in [2.24, 2.45) is 0 Å². The maximum absolute atomic E-state index is 11.7. The van der Waals surface area contributed by atoms with E-state index in [1.165, 1.54) is 0 Å². The van der Waals surface area contributed by atoms with Crippen LogP contribution < -0.4 is 0 Å². The van der Waals surface area contributed by atoms with Gasteiger partial charge in [-0.15, -0.1) is 0 Å². The van der Waals surface area contributed by atoms with Gasteiger partial charge in [0.25, 0.3) is 0 Å². The normalized spacial score (nSPS) is 14.4. The Hall–Kier alpha value is -1.94. The third-order valence-electron chi connectivity index (χ3n) is 3.39. The number of ether oxygens (including phenoxy) is 1. The fourth-order valence-electron chi connectivity index (χ4n) is 2.39. The number of carbonyl (C=O) groups excluding carboxylic acids is 1. The Kier molecular flexibility index (Phi) is 3.42. The van der Waals surface area contributed by atoms with Crippen molar-refractivity contribution >= 4 is 5.78 Å². The number of hydrogen-bond donors (Lipinski definition) is 0. The lowest BCUT2D eigenvalue weighted by atomic mass is 9.97. The Bertz CT molecular complexity index is 575. The summed E-state index contributed by atoms with van der Waals surface area (Å²) in [7, 11) is 0. The van der Waals surface area contributed by atoms with Crippen LogP contribution in [0.2, 0.25) is 0 Å². The highest BCUT2D eigenvalue weighted by Crippen LogP contribution is 2.20. The Morgan fingerprint density at radius 3 is 2.89 bits per heavy atom. The van der Waals surface area contributed by atoms with Gasteiger partial charge in [-0.25, -0.2) is 4.68 Å². The molecule has 0 spiro atoms. The van der Waals surface area contributed by atoms with Gasteiger partial charge < -0.3 is 4.74 Å². The number of Topliss-reactive ketones (excluding diaryl/α,β-unsaturated/α-hetero) is 1. The summed E-state index contributed by atoms with van der Waals surface area (Å²) in [5, 5.41) is 4.25. The van der Waals surface area contributed by atoms with E-state index in [2.05, 4.69) is 5.10 Å². The standard InChI is InChI=1S/C15H16N2O2/c18-15-8-4-7-14-13(15)9-16-17(14)11-19-10-12-5-2-1-3-6-12/h1-3,5-6,9H,4,7-8,10-11H2. The second-order valence-corrected chi connectivity index (χ2v) is 4.74. The summed E-state index contributed by atoms with van der Waals surface area (Å²) in [5.41, 5.74) is 2.93. The van der Waals surface area contributed by atoms with Gasteiger partial charge >= 0.3 is 0 Å². The van der Waals surface area contributed by atoms with E-state index in [0.29, 0.717) is 19.8 Å². The topological polar surface area (TPSA) is 44.1 Å². The molecule has 0 amide bonds. The first-order chi connectivity index (χ1) is 9.34. The van der Waals surface area contributed by atoms with E-state index < -0.39 is 0 Å². The molecule has 2 aromatic rings. The molecule has 3 rings (SSSR count). The lowest BCUT2D eigenvalue weighted by Crippen LogP contribution is -2.14. The van der Waals surface area contributed by atoms with Gasteiger partial charge in [0.2, 0.25) is 0 Å². The Balaban J connectivity index is 1.63. The Morgan fingerprint density at radius 1 is 1.21 bits per heavy atom. The highest BCUT2D eigenvalue weighted by molar-refractivity contribution is 5.97. The largest absolute Gasteiger partial charge is 0.355 e. The van der Waals surface area contributed by atoms with Crippen molar-refractivity contribution in [2.75, 3.05) is 0 Å². The molecule has 0 N–H and O–H groups in total. The van der Waals surface area contributed by atoms with Crippen LogP contribution >= 0.6 is 0 Å². The molecule has 98 valence electrons. The number of aromatic nitrogens is 2. The zero-order chi connectivity index (χ0) is 13.1. The minimum atomic E-state index is 0.204. The second kappa shape index (κ2) is 5.36. The van der Waals surface area contributed by atoms with Crippen molar-refractivity contribution in [3.63, 3.8) is 0 Å². The quantitative estimate of drug-likeness (QED) is 0.844. The van der Waals surface area contributed by atoms with Gasteiger partial charge in [-0.2, -0.15) is 5.10 Å². The molecule has 0 atom stereocenters. The number of nitrogens with zero attached hydrogens (tertiary/aromatic N) is 2. The first-order valence-electron chi connectivity index (χ1n) is 6.54. The maximum Gasteiger partial charge on any atom is 0.166 e. The van der Waals surface area contributed by atoms with E-state index >= 15 is 0 Å². The van der Waals surface area contributed by atoms with Crippen LogP contribution in [0.25, 0.3) is 0 Å². The van der Waals surface area contributed by atoms with Gasteiger partial charge in [0.1, 0.15) is 6.73 Å². The van der Waals surface area contributed by atoms with Crippen molar-refractivity contribution in [1.82, 2.24) is 9.78 Å². The van der Waals surface area contributed by atoms with Crippen LogP contribution in [0.3, 0.4) is 0 Å². The molecule has 0 bridgehead atoms. The molecule has 1 heterocycles. The number of ketones is 1. The van der Waals surface area contributed by atoms with Crippen molar-refractivity contribution in [1.29, 1.82) is 0 Å². The molecule has 0 radical (unpaired) electrons. The van der Waals surface area contributed by atoms with Crippen LogP contribution in [0, 0.1) is 0 Å². The SMILES string of the molecule is O=C1CCCc2c1cnn2COCc1ccccc1. The monoisotopic (exact) mass is 256 g/mol. The molecule has 0 saturated heterocycles. The van der Waals surface area contributed by atoms with Crippen LogP contribution in [0.4, 0.5) is 0 Å². The fraction of sp³-hybridized carbons (Fsp3) is 0.333. The first-order valence-corrected chi connectivity index (χ1v) is 6.54. The van der Waals surface area contributed by atoms with Gasteiger partial charge in [0.05, 0.1) is 24.1 Å². The molecule has 0 unspecified atom stereocenters. The average Bonchev–Trinajstić information content (AvgIpc) is 2.85. The summed E-state index contributed by atoms with van der Waals surface area (Å²) in [6, 6.07) is 10.0. The highest BCUT2D eigenvalue weighted by atomic mass is 16.5. The molecule has 1 aliphatic rings. The van der Waals surface area contributed by atoms with E-state index in [1.54, 1.807) is 10.9 Å². The van der Waals surface area contributed by atoms with E-state index in [-0.39, 0.29) is 5.78 Å². The number of hydrogen-bond acceptors (Lipinski definition) is 3. The second-order valence-electron chi connectivity index (χ2n) is 4.74. The Labute approximate surface area is 112 Å². The van der Waals surface area contributed by atoms with Crippen molar-refractivity contribution in [3.05, 3.63) is 53.3 Å². The van der Waals surface area contributed by atoms with E-state index in [9.17, 15) is 4.79 Å². The molecule has 0 fully saturated rings. The van der Waals surface area contributed by atoms with Gasteiger partial charge in [-0.1, -0.05) is 30.3 Å². The molecule has 1 aromatic carbocycles. The number of carbonyl (C=O) groups is 1. The minimum Gasteiger partial charge on any atom is -0.355 e. The molecule has 19 heavy (non-hydrogen) atoms. The molecule has 1 aliphatic carbocycles. The molecular weight excluding hydrogens is 240 g/mol. The number of benzene rings is 1. The molecule has 0 aliphatic heterocycles. The molecular formula is C15H16N2O2. The Morgan fingerprint density at radius 2 is 2.05 bits per heavy atom. The first kappa shape index (κ1) is 12.1. The summed E-state index contributed by atoms with van der Waals surface area (Å²) in [6.45, 7) is 0.959. The van der Waals surface area contributed by atoms with Crippen LogP contribution in [0.1, 0.15) is 34.5 Å². The lowest BCUT2D eigenvalue weighted by Gasteiger charge is -2.13. The van der Waals surface area contributed by atoms with Gasteiger partial charge in [-0.3, -0.25) is 4.79 Å². The molecule has 1 aromatic heterocycles. The van der Waals surface area contributed by atoms with Gasteiger partial charge in [-0.05, 0) is 18.4 Å². The van der Waals surface area contributed by atoms with Crippen LogP contribution in [0.5, 0.6) is 0 Å². The van der Waals surface area contributed by atoms with Crippen molar-refractivity contribution in [2.45, 2.75) is 32.6 Å². The zero-order valence-electron chi connectivity index (χ0n) is 10.7. The smallest absolute Gasteiger partial charge is 0.166 e. The lowest BCUT2D eigenvalue weighted by molar-refractivity contribution is 0.0539. The van der Waals surface area contributed by atoms with Crippen LogP contribution in [-0.4, -0.2) is 15.6 Å². The molecule has 4 nitrogen and oxygen atoms in total. The zero-order valence-corrected chi connectivity index (χ0v) is 10.7. The van der Waals surface area contributed by atoms with Gasteiger partial charge in [0.15, 0.2) is 5.78 Å². The third kappa shape index (κ3) is 2.58.